The molecule has 0 atom stereocenters. The van der Waals surface area contributed by atoms with Crippen LogP contribution in [0.2, 0.25) is 0 Å². The number of carbonyl (C=O) groups excluding carboxylic acids is 2. The van der Waals surface area contributed by atoms with Gasteiger partial charge in [-0.1, -0.05) is 18.6 Å². The summed E-state index contributed by atoms with van der Waals surface area (Å²) in [6.07, 6.45) is 3.85. The van der Waals surface area contributed by atoms with E-state index in [1.54, 1.807) is 24.3 Å². The molecule has 1 aliphatic heterocycles. The van der Waals surface area contributed by atoms with E-state index in [1.165, 1.54) is 24.8 Å². The summed E-state index contributed by atoms with van der Waals surface area (Å²) >= 11 is 0. The third kappa shape index (κ3) is 6.61. The summed E-state index contributed by atoms with van der Waals surface area (Å²) < 4.78 is 0. The third-order valence-electron chi connectivity index (χ3n) is 4.86. The minimum atomic E-state index is -0.261. The lowest BCUT2D eigenvalue weighted by molar-refractivity contribution is 0.102. The molecule has 0 spiro atoms. The molecule has 3 N–H and O–H groups in total. The van der Waals surface area contributed by atoms with E-state index in [0.29, 0.717) is 11.3 Å². The normalized spacial score (nSPS) is 14.4. The van der Waals surface area contributed by atoms with Gasteiger partial charge in [-0.15, -0.1) is 0 Å². The molecule has 2 aromatic rings. The number of amides is 3. The van der Waals surface area contributed by atoms with Gasteiger partial charge in [0.05, 0.1) is 0 Å². The summed E-state index contributed by atoms with van der Waals surface area (Å²) in [5, 5.41) is 8.48. The highest BCUT2D eigenvalue weighted by Crippen LogP contribution is 2.17. The lowest BCUT2D eigenvalue weighted by atomic mass is 10.1. The summed E-state index contributed by atoms with van der Waals surface area (Å²) in [4.78, 5) is 26.8. The van der Waals surface area contributed by atoms with Crippen LogP contribution in [0.25, 0.3) is 0 Å². The summed E-state index contributed by atoms with van der Waals surface area (Å²) in [7, 11) is 0. The molecule has 0 radical (unpaired) electrons. The van der Waals surface area contributed by atoms with Crippen molar-refractivity contribution in [1.29, 1.82) is 0 Å². The minimum Gasteiger partial charge on any atom is -0.336 e. The molecule has 6 heteroatoms. The van der Waals surface area contributed by atoms with Crippen LogP contribution in [-0.4, -0.2) is 36.0 Å². The van der Waals surface area contributed by atoms with Gasteiger partial charge >= 0.3 is 6.03 Å². The van der Waals surface area contributed by atoms with Crippen molar-refractivity contribution < 1.29 is 9.59 Å². The predicted molar refractivity (Wildman–Crippen MR) is 117 cm³/mol. The number of nitrogens with zero attached hydrogens (tertiary/aromatic N) is 1. The van der Waals surface area contributed by atoms with E-state index in [1.807, 2.05) is 32.0 Å². The lowest BCUT2D eigenvalue weighted by Gasteiger charge is -2.26. The van der Waals surface area contributed by atoms with Crippen molar-refractivity contribution in [3.05, 3.63) is 59.7 Å². The van der Waals surface area contributed by atoms with Crippen LogP contribution >= 0.6 is 0 Å². The first-order chi connectivity index (χ1) is 14.0. The minimum absolute atomic E-state index is 0.0609. The number of urea groups is 1. The van der Waals surface area contributed by atoms with Gasteiger partial charge in [-0.2, -0.15) is 0 Å². The van der Waals surface area contributed by atoms with Gasteiger partial charge in [0.2, 0.25) is 0 Å². The quantitative estimate of drug-likeness (QED) is 0.677. The van der Waals surface area contributed by atoms with E-state index in [9.17, 15) is 9.59 Å². The van der Waals surface area contributed by atoms with Crippen LogP contribution in [0.3, 0.4) is 0 Å². The Morgan fingerprint density at radius 2 is 1.66 bits per heavy atom. The second-order valence-electron chi connectivity index (χ2n) is 7.82. The van der Waals surface area contributed by atoms with E-state index < -0.39 is 0 Å². The fraction of sp³-hybridized carbons (Fsp3) is 0.391. The molecule has 154 valence electrons. The molecule has 0 bridgehead atoms. The molecular formula is C23H30N4O2. The maximum Gasteiger partial charge on any atom is 0.319 e. The number of hydrogen-bond acceptors (Lipinski definition) is 3. The number of nitrogens with one attached hydrogen (secondary N) is 3. The Morgan fingerprint density at radius 3 is 2.34 bits per heavy atom. The van der Waals surface area contributed by atoms with Crippen molar-refractivity contribution in [1.82, 2.24) is 10.2 Å². The van der Waals surface area contributed by atoms with Gasteiger partial charge in [0.15, 0.2) is 0 Å². The van der Waals surface area contributed by atoms with Crippen molar-refractivity contribution in [2.45, 2.75) is 45.7 Å². The largest absolute Gasteiger partial charge is 0.336 e. The SMILES string of the molecule is CC(C)NC(=O)Nc1ccc(C(=O)Nc2cccc(CN3CCCCC3)c2)cc1. The van der Waals surface area contributed by atoms with Crippen LogP contribution in [0.15, 0.2) is 48.5 Å². The van der Waals surface area contributed by atoms with Crippen LogP contribution < -0.4 is 16.0 Å². The Hall–Kier alpha value is -2.86. The molecule has 3 amide bonds. The Bertz CT molecular complexity index is 827. The molecule has 2 aromatic carbocycles. The standard InChI is InChI=1S/C23H30N4O2/c1-17(2)24-23(29)26-20-11-9-19(10-12-20)22(28)25-21-8-6-7-18(15-21)16-27-13-4-3-5-14-27/h6-12,15,17H,3-5,13-14,16H2,1-2H3,(H,25,28)(H2,24,26,29). The topological polar surface area (TPSA) is 73.5 Å². The van der Waals surface area contributed by atoms with Crippen molar-refractivity contribution in [2.24, 2.45) is 0 Å². The highest BCUT2D eigenvalue weighted by atomic mass is 16.2. The second-order valence-corrected chi connectivity index (χ2v) is 7.82. The van der Waals surface area contributed by atoms with E-state index in [4.69, 9.17) is 0 Å². The van der Waals surface area contributed by atoms with Crippen LogP contribution in [0.4, 0.5) is 16.2 Å². The molecule has 0 aromatic heterocycles. The molecule has 29 heavy (non-hydrogen) atoms. The fourth-order valence-corrected chi connectivity index (χ4v) is 3.46. The number of anilines is 2. The number of likely N-dealkylation sites (tertiary alicyclic amines) is 1. The van der Waals surface area contributed by atoms with Gasteiger partial charge in [0, 0.05) is 29.5 Å². The number of hydrogen-bond donors (Lipinski definition) is 3. The van der Waals surface area contributed by atoms with Crippen molar-refractivity contribution in [3.8, 4) is 0 Å². The Morgan fingerprint density at radius 1 is 0.931 bits per heavy atom. The average molecular weight is 395 g/mol. The molecule has 0 saturated carbocycles. The Labute approximate surface area is 172 Å². The van der Waals surface area contributed by atoms with E-state index in [-0.39, 0.29) is 18.0 Å². The average Bonchev–Trinajstić information content (AvgIpc) is 2.69. The zero-order valence-electron chi connectivity index (χ0n) is 17.2. The van der Waals surface area contributed by atoms with E-state index in [2.05, 4.69) is 26.9 Å². The summed E-state index contributed by atoms with van der Waals surface area (Å²) in [5.74, 6) is -0.168. The molecule has 0 aliphatic carbocycles. The van der Waals surface area contributed by atoms with E-state index in [0.717, 1.165) is 25.3 Å². The zero-order valence-corrected chi connectivity index (χ0v) is 17.2. The van der Waals surface area contributed by atoms with Gasteiger partial charge in [-0.25, -0.2) is 4.79 Å². The first-order valence-electron chi connectivity index (χ1n) is 10.3. The zero-order chi connectivity index (χ0) is 20.6. The number of carbonyl (C=O) groups is 2. The monoisotopic (exact) mass is 394 g/mol. The maximum atomic E-state index is 12.6. The highest BCUT2D eigenvalue weighted by Gasteiger charge is 2.12. The number of benzene rings is 2. The first-order valence-corrected chi connectivity index (χ1v) is 10.3. The number of rotatable bonds is 6. The van der Waals surface area contributed by atoms with Crippen molar-refractivity contribution >= 4 is 23.3 Å². The second kappa shape index (κ2) is 10.1. The van der Waals surface area contributed by atoms with Gasteiger partial charge in [-0.3, -0.25) is 9.69 Å². The van der Waals surface area contributed by atoms with E-state index >= 15 is 0 Å². The third-order valence-corrected chi connectivity index (χ3v) is 4.86. The Balaban J connectivity index is 1.57. The first kappa shape index (κ1) is 20.9. The number of piperidine rings is 1. The Kier molecular flexibility index (Phi) is 7.25. The molecular weight excluding hydrogens is 364 g/mol. The van der Waals surface area contributed by atoms with Crippen LogP contribution in [0, 0.1) is 0 Å². The smallest absolute Gasteiger partial charge is 0.319 e. The molecule has 1 saturated heterocycles. The maximum absolute atomic E-state index is 12.6. The van der Waals surface area contributed by atoms with Gasteiger partial charge in [0.25, 0.3) is 5.91 Å². The van der Waals surface area contributed by atoms with Gasteiger partial charge < -0.3 is 16.0 Å². The molecule has 6 nitrogen and oxygen atoms in total. The van der Waals surface area contributed by atoms with Crippen LogP contribution in [0.1, 0.15) is 49.0 Å². The predicted octanol–water partition coefficient (Wildman–Crippen LogP) is 4.45. The summed E-state index contributed by atoms with van der Waals surface area (Å²) in [5.41, 5.74) is 3.19. The van der Waals surface area contributed by atoms with Gasteiger partial charge in [0.1, 0.15) is 0 Å². The van der Waals surface area contributed by atoms with Crippen molar-refractivity contribution in [3.63, 3.8) is 0 Å². The molecule has 1 aliphatic rings. The van der Waals surface area contributed by atoms with Crippen molar-refractivity contribution in [2.75, 3.05) is 23.7 Å². The van der Waals surface area contributed by atoms with Gasteiger partial charge in [-0.05, 0) is 81.7 Å². The van der Waals surface area contributed by atoms with Crippen LogP contribution in [-0.2, 0) is 6.54 Å². The lowest BCUT2D eigenvalue weighted by Crippen LogP contribution is -2.34. The highest BCUT2D eigenvalue weighted by molar-refractivity contribution is 6.04. The van der Waals surface area contributed by atoms with Crippen LogP contribution in [0.5, 0.6) is 0 Å². The summed E-state index contributed by atoms with van der Waals surface area (Å²) in [6, 6.07) is 14.7. The summed E-state index contributed by atoms with van der Waals surface area (Å²) in [6.45, 7) is 7.00. The molecule has 3 rings (SSSR count). The fourth-order valence-electron chi connectivity index (χ4n) is 3.46. The molecule has 1 heterocycles. The molecule has 1 fully saturated rings. The molecule has 0 unspecified atom stereocenters.